The van der Waals surface area contributed by atoms with Crippen LogP contribution < -0.4 is 0 Å². The van der Waals surface area contributed by atoms with E-state index in [2.05, 4.69) is 74.4 Å². The minimum atomic E-state index is 0.196. The summed E-state index contributed by atoms with van der Waals surface area (Å²) in [6.45, 7) is 6.95. The lowest BCUT2D eigenvalue weighted by atomic mass is 9.84. The van der Waals surface area contributed by atoms with Gasteiger partial charge in [-0.15, -0.1) is 0 Å². The first-order valence-corrected chi connectivity index (χ1v) is 20.2. The van der Waals surface area contributed by atoms with Gasteiger partial charge in [-0.25, -0.2) is 0 Å². The Hall–Kier alpha value is -1.12. The Bertz CT molecular complexity index is 715. The summed E-state index contributed by atoms with van der Waals surface area (Å²) in [6.07, 6.45) is 55.3. The van der Waals surface area contributed by atoms with Crippen LogP contribution in [0, 0.1) is 5.92 Å². The lowest BCUT2D eigenvalue weighted by molar-refractivity contribution is -0.0567. The van der Waals surface area contributed by atoms with Crippen molar-refractivity contribution in [3.63, 3.8) is 0 Å². The molecule has 2 fully saturated rings. The number of rotatable bonds is 30. The van der Waals surface area contributed by atoms with Crippen LogP contribution in [0.25, 0.3) is 0 Å². The lowest BCUT2D eigenvalue weighted by Crippen LogP contribution is -2.32. The van der Waals surface area contributed by atoms with E-state index >= 15 is 0 Å². The summed E-state index contributed by atoms with van der Waals surface area (Å²) in [4.78, 5) is 2.49. The Balaban J connectivity index is 1.50. The number of hydrogen-bond donors (Lipinski definition) is 0. The van der Waals surface area contributed by atoms with E-state index in [-0.39, 0.29) is 5.60 Å². The molecule has 0 aliphatic carbocycles. The van der Waals surface area contributed by atoms with Gasteiger partial charge in [0.25, 0.3) is 0 Å². The third kappa shape index (κ3) is 20.7. The molecule has 45 heavy (non-hydrogen) atoms. The molecule has 2 saturated heterocycles. The van der Waals surface area contributed by atoms with Crippen molar-refractivity contribution >= 4 is 0 Å². The van der Waals surface area contributed by atoms with Crippen molar-refractivity contribution in [1.82, 2.24) is 4.90 Å². The number of ether oxygens (including phenoxy) is 1. The van der Waals surface area contributed by atoms with E-state index in [0.29, 0.717) is 6.10 Å². The smallest absolute Gasteiger partial charge is 0.0750 e. The fourth-order valence-corrected chi connectivity index (χ4v) is 7.54. The zero-order valence-corrected chi connectivity index (χ0v) is 30.6. The number of likely N-dealkylation sites (tertiary alicyclic amines) is 1. The average molecular weight is 624 g/mol. The standard InChI is InChI=1S/C43H77NO/c1-4-6-8-10-12-14-16-18-20-22-24-26-28-30-32-34-36-43(38-41-39-44(3)40-42(41)45-43)37-35-33-31-29-27-25-23-21-19-17-15-13-11-9-7-5-2/h12-15,18-21,41-42H,4-11,16-17,22-40H2,1-3H3. The van der Waals surface area contributed by atoms with Gasteiger partial charge < -0.3 is 9.64 Å². The quantitative estimate of drug-likeness (QED) is 0.0583. The molecule has 2 unspecified atom stereocenters. The second kappa shape index (κ2) is 27.9. The molecule has 0 amide bonds. The van der Waals surface area contributed by atoms with Gasteiger partial charge in [-0.2, -0.15) is 0 Å². The minimum Gasteiger partial charge on any atom is -0.370 e. The Morgan fingerprint density at radius 2 is 0.911 bits per heavy atom. The first-order chi connectivity index (χ1) is 22.2. The van der Waals surface area contributed by atoms with Gasteiger partial charge in [-0.3, -0.25) is 0 Å². The van der Waals surface area contributed by atoms with Gasteiger partial charge in [0.1, 0.15) is 0 Å². The zero-order valence-electron chi connectivity index (χ0n) is 30.6. The zero-order chi connectivity index (χ0) is 32.1. The molecule has 0 aromatic heterocycles. The molecule has 2 heteroatoms. The van der Waals surface area contributed by atoms with Gasteiger partial charge >= 0.3 is 0 Å². The number of nitrogens with zero attached hydrogens (tertiary/aromatic N) is 1. The Labute approximate surface area is 282 Å². The third-order valence-electron chi connectivity index (χ3n) is 10.3. The van der Waals surface area contributed by atoms with E-state index in [0.717, 1.165) is 25.3 Å². The molecule has 0 aromatic rings. The van der Waals surface area contributed by atoms with E-state index in [4.69, 9.17) is 4.74 Å². The predicted molar refractivity (Wildman–Crippen MR) is 201 cm³/mol. The van der Waals surface area contributed by atoms with Crippen LogP contribution in [-0.4, -0.2) is 36.7 Å². The van der Waals surface area contributed by atoms with E-state index in [1.807, 2.05) is 0 Å². The van der Waals surface area contributed by atoms with Crippen LogP contribution in [0.5, 0.6) is 0 Å². The molecule has 0 saturated carbocycles. The fourth-order valence-electron chi connectivity index (χ4n) is 7.54. The molecule has 2 rings (SSSR count). The maximum atomic E-state index is 6.93. The lowest BCUT2D eigenvalue weighted by Gasteiger charge is -2.31. The highest BCUT2D eigenvalue weighted by Gasteiger charge is 2.48. The van der Waals surface area contributed by atoms with E-state index < -0.39 is 0 Å². The van der Waals surface area contributed by atoms with Gasteiger partial charge in [0.2, 0.25) is 0 Å². The van der Waals surface area contributed by atoms with Crippen molar-refractivity contribution in [1.29, 1.82) is 0 Å². The van der Waals surface area contributed by atoms with Crippen LogP contribution in [0.2, 0.25) is 0 Å². The van der Waals surface area contributed by atoms with Gasteiger partial charge in [0.05, 0.1) is 11.7 Å². The van der Waals surface area contributed by atoms with E-state index in [9.17, 15) is 0 Å². The predicted octanol–water partition coefficient (Wildman–Crippen LogP) is 13.5. The number of unbranched alkanes of at least 4 members (excludes halogenated alkanes) is 18. The minimum absolute atomic E-state index is 0.196. The Morgan fingerprint density at radius 1 is 0.511 bits per heavy atom. The number of allylic oxidation sites excluding steroid dienone is 8. The van der Waals surface area contributed by atoms with Crippen LogP contribution in [-0.2, 0) is 4.74 Å². The topological polar surface area (TPSA) is 12.5 Å². The van der Waals surface area contributed by atoms with Crippen LogP contribution >= 0.6 is 0 Å². The monoisotopic (exact) mass is 624 g/mol. The largest absolute Gasteiger partial charge is 0.370 e. The average Bonchev–Trinajstić information content (AvgIpc) is 3.54. The van der Waals surface area contributed by atoms with E-state index in [1.54, 1.807) is 0 Å². The fraction of sp³-hybridized carbons (Fsp3) is 0.814. The number of fused-ring (bicyclic) bond motifs is 1. The van der Waals surface area contributed by atoms with E-state index in [1.165, 1.54) is 167 Å². The van der Waals surface area contributed by atoms with Crippen LogP contribution in [0.4, 0.5) is 0 Å². The van der Waals surface area contributed by atoms with Gasteiger partial charge in [-0.1, -0.05) is 152 Å². The first-order valence-electron chi connectivity index (χ1n) is 20.2. The summed E-state index contributed by atoms with van der Waals surface area (Å²) in [5, 5.41) is 0. The van der Waals surface area contributed by atoms with Crippen LogP contribution in [0.15, 0.2) is 48.6 Å². The molecule has 0 bridgehead atoms. The molecule has 2 heterocycles. The number of likely N-dealkylation sites (N-methyl/N-ethyl adjacent to an activating group) is 1. The van der Waals surface area contributed by atoms with Gasteiger partial charge in [0.15, 0.2) is 0 Å². The summed E-state index contributed by atoms with van der Waals surface area (Å²) in [5.74, 6) is 0.782. The summed E-state index contributed by atoms with van der Waals surface area (Å²) in [5.41, 5.74) is 0.196. The second-order valence-corrected chi connectivity index (χ2v) is 14.7. The molecule has 260 valence electrons. The molecule has 2 nitrogen and oxygen atoms in total. The van der Waals surface area contributed by atoms with Gasteiger partial charge in [0, 0.05) is 19.0 Å². The highest BCUT2D eigenvalue weighted by Crippen LogP contribution is 2.45. The SMILES string of the molecule is CCCCCC=CCC=CCCCCCCCCC1(CCCCCCCCC=CCC=CCCCCC)CC2CN(C)CC2O1. The Morgan fingerprint density at radius 3 is 1.33 bits per heavy atom. The summed E-state index contributed by atoms with van der Waals surface area (Å²) >= 11 is 0. The maximum absolute atomic E-state index is 6.93. The summed E-state index contributed by atoms with van der Waals surface area (Å²) in [6, 6.07) is 0. The highest BCUT2D eigenvalue weighted by atomic mass is 16.5. The molecular formula is C43H77NO. The van der Waals surface area contributed by atoms with Crippen molar-refractivity contribution in [3.05, 3.63) is 48.6 Å². The van der Waals surface area contributed by atoms with Crippen molar-refractivity contribution in [2.75, 3.05) is 20.1 Å². The van der Waals surface area contributed by atoms with Crippen molar-refractivity contribution in [2.45, 2.75) is 199 Å². The second-order valence-electron chi connectivity index (χ2n) is 14.7. The molecule has 0 N–H and O–H groups in total. The van der Waals surface area contributed by atoms with Crippen molar-refractivity contribution in [3.8, 4) is 0 Å². The molecule has 0 spiro atoms. The highest BCUT2D eigenvalue weighted by molar-refractivity contribution is 4.99. The number of hydrogen-bond acceptors (Lipinski definition) is 2. The van der Waals surface area contributed by atoms with Crippen LogP contribution in [0.3, 0.4) is 0 Å². The van der Waals surface area contributed by atoms with Crippen molar-refractivity contribution in [2.24, 2.45) is 5.92 Å². The van der Waals surface area contributed by atoms with Crippen molar-refractivity contribution < 1.29 is 4.74 Å². The molecule has 2 atom stereocenters. The molecule has 0 aromatic carbocycles. The molecule has 0 radical (unpaired) electrons. The summed E-state index contributed by atoms with van der Waals surface area (Å²) < 4.78 is 6.93. The third-order valence-corrected chi connectivity index (χ3v) is 10.3. The molecule has 2 aliphatic heterocycles. The van der Waals surface area contributed by atoms with Gasteiger partial charge in [-0.05, 0) is 90.5 Å². The van der Waals surface area contributed by atoms with Crippen LogP contribution in [0.1, 0.15) is 187 Å². The molecule has 2 aliphatic rings. The molecular weight excluding hydrogens is 546 g/mol. The normalized spacial score (nSPS) is 22.4. The first kappa shape index (κ1) is 40.1. The Kier molecular flexibility index (Phi) is 24.9. The maximum Gasteiger partial charge on any atom is 0.0750 e. The summed E-state index contributed by atoms with van der Waals surface area (Å²) in [7, 11) is 2.27.